The lowest BCUT2D eigenvalue weighted by Gasteiger charge is -2.24. The first-order chi connectivity index (χ1) is 7.51. The van der Waals surface area contributed by atoms with Gasteiger partial charge in [0.25, 0.3) is 0 Å². The minimum absolute atomic E-state index is 0.188. The van der Waals surface area contributed by atoms with Crippen molar-refractivity contribution in [1.82, 2.24) is 5.32 Å². The number of ether oxygens (including phenoxy) is 1. The Morgan fingerprint density at radius 3 is 2.69 bits per heavy atom. The van der Waals surface area contributed by atoms with Crippen molar-refractivity contribution in [3.63, 3.8) is 0 Å². The van der Waals surface area contributed by atoms with Gasteiger partial charge in [-0.15, -0.1) is 0 Å². The predicted molar refractivity (Wildman–Crippen MR) is 61.1 cm³/mol. The quantitative estimate of drug-likeness (QED) is 0.803. The second-order valence-electron chi connectivity index (χ2n) is 3.98. The van der Waals surface area contributed by atoms with Crippen molar-refractivity contribution in [2.24, 2.45) is 0 Å². The standard InChI is InChI=1S/C12H18FNO2/c1-12(15,6-7-14-2)9-4-5-11(16-3)10(13)8-9/h4-5,8,14-15H,6-7H2,1-3H3. The third-order valence-corrected chi connectivity index (χ3v) is 2.64. The number of hydrogen-bond acceptors (Lipinski definition) is 3. The molecule has 0 bridgehead atoms. The number of halogens is 1. The van der Waals surface area contributed by atoms with Crippen molar-refractivity contribution < 1.29 is 14.2 Å². The maximum atomic E-state index is 13.5. The van der Waals surface area contributed by atoms with Crippen LogP contribution in [0.1, 0.15) is 18.9 Å². The van der Waals surface area contributed by atoms with Gasteiger partial charge < -0.3 is 15.2 Å². The zero-order valence-electron chi connectivity index (χ0n) is 9.88. The number of nitrogens with one attached hydrogen (secondary N) is 1. The zero-order chi connectivity index (χ0) is 12.2. The highest BCUT2D eigenvalue weighted by Gasteiger charge is 2.23. The lowest BCUT2D eigenvalue weighted by Crippen LogP contribution is -2.26. The van der Waals surface area contributed by atoms with Crippen LogP contribution in [0.15, 0.2) is 18.2 Å². The van der Waals surface area contributed by atoms with Crippen LogP contribution in [-0.4, -0.2) is 25.8 Å². The van der Waals surface area contributed by atoms with E-state index in [0.29, 0.717) is 18.5 Å². The predicted octanol–water partition coefficient (Wildman–Crippen LogP) is 1.65. The van der Waals surface area contributed by atoms with Crippen LogP contribution in [0.4, 0.5) is 4.39 Å². The van der Waals surface area contributed by atoms with Gasteiger partial charge in [0.05, 0.1) is 12.7 Å². The summed E-state index contributed by atoms with van der Waals surface area (Å²) in [6.45, 7) is 2.34. The van der Waals surface area contributed by atoms with E-state index in [9.17, 15) is 9.50 Å². The fraction of sp³-hybridized carbons (Fsp3) is 0.500. The Balaban J connectivity index is 2.91. The molecule has 90 valence electrons. The average Bonchev–Trinajstić information content (AvgIpc) is 2.26. The molecule has 2 N–H and O–H groups in total. The van der Waals surface area contributed by atoms with Gasteiger partial charge in [0.15, 0.2) is 11.6 Å². The first-order valence-corrected chi connectivity index (χ1v) is 5.22. The summed E-state index contributed by atoms with van der Waals surface area (Å²) in [5, 5.41) is 13.1. The number of rotatable bonds is 5. The molecule has 1 atom stereocenters. The molecule has 0 aliphatic heterocycles. The lowest BCUT2D eigenvalue weighted by molar-refractivity contribution is 0.0481. The van der Waals surface area contributed by atoms with E-state index in [4.69, 9.17) is 4.74 Å². The van der Waals surface area contributed by atoms with E-state index in [1.807, 2.05) is 7.05 Å². The molecule has 0 radical (unpaired) electrons. The van der Waals surface area contributed by atoms with Gasteiger partial charge in [-0.25, -0.2) is 4.39 Å². The number of hydrogen-bond donors (Lipinski definition) is 2. The molecule has 4 heteroatoms. The van der Waals surface area contributed by atoms with Crippen molar-refractivity contribution in [3.8, 4) is 5.75 Å². The molecule has 1 aromatic carbocycles. The van der Waals surface area contributed by atoms with Crippen LogP contribution < -0.4 is 10.1 Å². The molecular formula is C12H18FNO2. The molecule has 1 unspecified atom stereocenters. The Hall–Kier alpha value is -1.13. The van der Waals surface area contributed by atoms with Crippen LogP contribution in [0, 0.1) is 5.82 Å². The monoisotopic (exact) mass is 227 g/mol. The summed E-state index contributed by atoms with van der Waals surface area (Å²) >= 11 is 0. The van der Waals surface area contributed by atoms with Crippen molar-refractivity contribution in [2.45, 2.75) is 18.9 Å². The van der Waals surface area contributed by atoms with E-state index >= 15 is 0 Å². The third-order valence-electron chi connectivity index (χ3n) is 2.64. The summed E-state index contributed by atoms with van der Waals surface area (Å²) in [5.74, 6) is -0.266. The molecule has 0 heterocycles. The van der Waals surface area contributed by atoms with Crippen molar-refractivity contribution >= 4 is 0 Å². The lowest BCUT2D eigenvalue weighted by atomic mass is 9.92. The van der Waals surface area contributed by atoms with Gasteiger partial charge >= 0.3 is 0 Å². The largest absolute Gasteiger partial charge is 0.494 e. The van der Waals surface area contributed by atoms with Gasteiger partial charge in [-0.05, 0) is 44.6 Å². The molecule has 0 fully saturated rings. The Kier molecular flexibility index (Phi) is 4.26. The summed E-state index contributed by atoms with van der Waals surface area (Å²) in [4.78, 5) is 0. The summed E-state index contributed by atoms with van der Waals surface area (Å²) in [6.07, 6.45) is 0.523. The fourth-order valence-corrected chi connectivity index (χ4v) is 1.51. The minimum atomic E-state index is -1.03. The van der Waals surface area contributed by atoms with Gasteiger partial charge in [-0.3, -0.25) is 0 Å². The molecule has 0 aliphatic rings. The highest BCUT2D eigenvalue weighted by atomic mass is 19.1. The molecule has 16 heavy (non-hydrogen) atoms. The van der Waals surface area contributed by atoms with Crippen LogP contribution in [0.2, 0.25) is 0 Å². The van der Waals surface area contributed by atoms with Crippen LogP contribution in [0.5, 0.6) is 5.75 Å². The van der Waals surface area contributed by atoms with Crippen LogP contribution in [0.3, 0.4) is 0 Å². The number of benzene rings is 1. The fourth-order valence-electron chi connectivity index (χ4n) is 1.51. The second-order valence-corrected chi connectivity index (χ2v) is 3.98. The molecule has 1 aromatic rings. The van der Waals surface area contributed by atoms with E-state index in [-0.39, 0.29) is 5.75 Å². The van der Waals surface area contributed by atoms with Crippen LogP contribution in [-0.2, 0) is 5.60 Å². The zero-order valence-corrected chi connectivity index (χ0v) is 9.88. The molecule has 0 aromatic heterocycles. The Bertz CT molecular complexity index is 353. The highest BCUT2D eigenvalue weighted by Crippen LogP contribution is 2.27. The van der Waals surface area contributed by atoms with E-state index in [0.717, 1.165) is 0 Å². The minimum Gasteiger partial charge on any atom is -0.494 e. The van der Waals surface area contributed by atoms with E-state index in [2.05, 4.69) is 5.32 Å². The highest BCUT2D eigenvalue weighted by molar-refractivity contribution is 5.32. The normalized spacial score (nSPS) is 14.6. The van der Waals surface area contributed by atoms with Gasteiger partial charge in [0, 0.05) is 0 Å². The average molecular weight is 227 g/mol. The number of methoxy groups -OCH3 is 1. The molecule has 0 spiro atoms. The number of aliphatic hydroxyl groups is 1. The Morgan fingerprint density at radius 2 is 2.19 bits per heavy atom. The maximum Gasteiger partial charge on any atom is 0.165 e. The topological polar surface area (TPSA) is 41.5 Å². The van der Waals surface area contributed by atoms with E-state index < -0.39 is 11.4 Å². The first kappa shape index (κ1) is 12.9. The summed E-state index contributed by atoms with van der Waals surface area (Å²) < 4.78 is 18.3. The van der Waals surface area contributed by atoms with Gasteiger partial charge in [-0.1, -0.05) is 6.07 Å². The van der Waals surface area contributed by atoms with Crippen LogP contribution in [0.25, 0.3) is 0 Å². The van der Waals surface area contributed by atoms with Crippen molar-refractivity contribution in [3.05, 3.63) is 29.6 Å². The van der Waals surface area contributed by atoms with Gasteiger partial charge in [-0.2, -0.15) is 0 Å². The molecule has 0 saturated heterocycles. The van der Waals surface area contributed by atoms with E-state index in [1.54, 1.807) is 13.0 Å². The Morgan fingerprint density at radius 1 is 1.50 bits per heavy atom. The van der Waals surface area contributed by atoms with E-state index in [1.165, 1.54) is 19.2 Å². The summed E-state index contributed by atoms with van der Waals surface area (Å²) in [5.41, 5.74) is -0.475. The van der Waals surface area contributed by atoms with Crippen molar-refractivity contribution in [1.29, 1.82) is 0 Å². The summed E-state index contributed by atoms with van der Waals surface area (Å²) in [7, 11) is 3.22. The van der Waals surface area contributed by atoms with Gasteiger partial charge in [0.2, 0.25) is 0 Å². The molecule has 0 saturated carbocycles. The molecule has 1 rings (SSSR count). The first-order valence-electron chi connectivity index (χ1n) is 5.22. The molecule has 3 nitrogen and oxygen atoms in total. The second kappa shape index (κ2) is 5.27. The Labute approximate surface area is 95.2 Å². The summed E-state index contributed by atoms with van der Waals surface area (Å²) in [6, 6.07) is 4.52. The SMILES string of the molecule is CNCCC(C)(O)c1ccc(OC)c(F)c1. The van der Waals surface area contributed by atoms with Crippen LogP contribution >= 0.6 is 0 Å². The van der Waals surface area contributed by atoms with Gasteiger partial charge in [0.1, 0.15) is 0 Å². The smallest absolute Gasteiger partial charge is 0.165 e. The molecule has 0 aliphatic carbocycles. The van der Waals surface area contributed by atoms with Crippen molar-refractivity contribution in [2.75, 3.05) is 20.7 Å². The third kappa shape index (κ3) is 2.93. The maximum absolute atomic E-state index is 13.5. The molecule has 0 amide bonds. The molecular weight excluding hydrogens is 209 g/mol.